The predicted octanol–water partition coefficient (Wildman–Crippen LogP) is 1.54. The standard InChI is InChI=1S/C12H17N3O/c1-9-4-3-7-15(8-9)12(16)10-5-2-6-11(13)14-10/h2,5-6,9H,3-4,7-8H2,1H3,(H2,13,14). The summed E-state index contributed by atoms with van der Waals surface area (Å²) in [6.45, 7) is 3.83. The molecule has 0 aliphatic carbocycles. The molecule has 1 aromatic rings. The molecule has 4 nitrogen and oxygen atoms in total. The zero-order valence-electron chi connectivity index (χ0n) is 9.52. The van der Waals surface area contributed by atoms with E-state index in [-0.39, 0.29) is 5.91 Å². The van der Waals surface area contributed by atoms with Gasteiger partial charge in [0, 0.05) is 13.1 Å². The van der Waals surface area contributed by atoms with Crippen LogP contribution in [0.25, 0.3) is 0 Å². The van der Waals surface area contributed by atoms with E-state index >= 15 is 0 Å². The fourth-order valence-electron chi connectivity index (χ4n) is 2.11. The van der Waals surface area contributed by atoms with Crippen LogP contribution in [0.1, 0.15) is 30.3 Å². The first kappa shape index (κ1) is 10.9. The first-order chi connectivity index (χ1) is 7.66. The molecule has 2 N–H and O–H groups in total. The van der Waals surface area contributed by atoms with Crippen molar-refractivity contribution in [1.29, 1.82) is 0 Å². The minimum atomic E-state index is -0.00106. The first-order valence-corrected chi connectivity index (χ1v) is 5.68. The Bertz CT molecular complexity index is 392. The van der Waals surface area contributed by atoms with E-state index in [2.05, 4.69) is 11.9 Å². The molecule has 1 atom stereocenters. The third-order valence-electron chi connectivity index (χ3n) is 2.93. The summed E-state index contributed by atoms with van der Waals surface area (Å²) in [6.07, 6.45) is 2.28. The van der Waals surface area contributed by atoms with Crippen LogP contribution in [0.2, 0.25) is 0 Å². The molecular formula is C12H17N3O. The molecule has 1 aromatic heterocycles. The highest BCUT2D eigenvalue weighted by Gasteiger charge is 2.22. The maximum absolute atomic E-state index is 12.1. The van der Waals surface area contributed by atoms with Crippen LogP contribution in [-0.2, 0) is 0 Å². The van der Waals surface area contributed by atoms with Crippen molar-refractivity contribution in [1.82, 2.24) is 9.88 Å². The minimum absolute atomic E-state index is 0.00106. The molecule has 2 rings (SSSR count). The maximum atomic E-state index is 12.1. The van der Waals surface area contributed by atoms with Crippen molar-refractivity contribution in [3.8, 4) is 0 Å². The molecule has 1 amide bonds. The van der Waals surface area contributed by atoms with E-state index < -0.39 is 0 Å². The molecule has 0 spiro atoms. The number of nitrogens with two attached hydrogens (primary N) is 1. The molecule has 2 heterocycles. The molecule has 0 aromatic carbocycles. The number of piperidine rings is 1. The number of carbonyl (C=O) groups excluding carboxylic acids is 1. The number of nitrogens with zero attached hydrogens (tertiary/aromatic N) is 2. The van der Waals surface area contributed by atoms with Crippen LogP contribution in [0.5, 0.6) is 0 Å². The van der Waals surface area contributed by atoms with Crippen LogP contribution in [-0.4, -0.2) is 28.9 Å². The second-order valence-electron chi connectivity index (χ2n) is 4.45. The third kappa shape index (κ3) is 2.32. The molecule has 16 heavy (non-hydrogen) atoms. The summed E-state index contributed by atoms with van der Waals surface area (Å²) in [7, 11) is 0. The number of rotatable bonds is 1. The van der Waals surface area contributed by atoms with Gasteiger partial charge in [-0.2, -0.15) is 0 Å². The van der Waals surface area contributed by atoms with Crippen molar-refractivity contribution < 1.29 is 4.79 Å². The van der Waals surface area contributed by atoms with Gasteiger partial charge in [-0.15, -0.1) is 0 Å². The van der Waals surface area contributed by atoms with Gasteiger partial charge >= 0.3 is 0 Å². The van der Waals surface area contributed by atoms with Crippen LogP contribution < -0.4 is 5.73 Å². The van der Waals surface area contributed by atoms with Gasteiger partial charge in [-0.1, -0.05) is 13.0 Å². The van der Waals surface area contributed by atoms with E-state index in [1.54, 1.807) is 18.2 Å². The van der Waals surface area contributed by atoms with Crippen LogP contribution in [0, 0.1) is 5.92 Å². The highest BCUT2D eigenvalue weighted by atomic mass is 16.2. The molecule has 1 fully saturated rings. The van der Waals surface area contributed by atoms with E-state index in [0.29, 0.717) is 17.4 Å². The number of amides is 1. The van der Waals surface area contributed by atoms with Gasteiger partial charge in [0.15, 0.2) is 0 Å². The molecule has 1 unspecified atom stereocenters. The Morgan fingerprint density at radius 1 is 1.56 bits per heavy atom. The highest BCUT2D eigenvalue weighted by molar-refractivity contribution is 5.92. The third-order valence-corrected chi connectivity index (χ3v) is 2.93. The van der Waals surface area contributed by atoms with Gasteiger partial charge in [0.05, 0.1) is 0 Å². The number of nitrogen functional groups attached to an aromatic ring is 1. The van der Waals surface area contributed by atoms with Gasteiger partial charge in [-0.05, 0) is 30.9 Å². The average Bonchev–Trinajstić information content (AvgIpc) is 2.28. The first-order valence-electron chi connectivity index (χ1n) is 5.68. The Morgan fingerprint density at radius 3 is 3.06 bits per heavy atom. The van der Waals surface area contributed by atoms with E-state index in [9.17, 15) is 4.79 Å². The molecule has 0 radical (unpaired) electrons. The number of pyridine rings is 1. The number of aromatic nitrogens is 1. The van der Waals surface area contributed by atoms with E-state index in [4.69, 9.17) is 5.73 Å². The largest absolute Gasteiger partial charge is 0.384 e. The SMILES string of the molecule is CC1CCCN(C(=O)c2cccc(N)n2)C1. The summed E-state index contributed by atoms with van der Waals surface area (Å²) >= 11 is 0. The van der Waals surface area contributed by atoms with Gasteiger partial charge in [-0.25, -0.2) is 4.98 Å². The molecule has 4 heteroatoms. The molecule has 1 aliphatic heterocycles. The minimum Gasteiger partial charge on any atom is -0.384 e. The van der Waals surface area contributed by atoms with Crippen molar-refractivity contribution in [3.05, 3.63) is 23.9 Å². The molecule has 1 aliphatic rings. The Labute approximate surface area is 95.5 Å². The van der Waals surface area contributed by atoms with Crippen molar-refractivity contribution in [3.63, 3.8) is 0 Å². The van der Waals surface area contributed by atoms with Gasteiger partial charge < -0.3 is 10.6 Å². The Balaban J connectivity index is 2.12. The topological polar surface area (TPSA) is 59.2 Å². The number of carbonyl (C=O) groups is 1. The van der Waals surface area contributed by atoms with Crippen LogP contribution >= 0.6 is 0 Å². The number of hydrogen-bond donors (Lipinski definition) is 1. The predicted molar refractivity (Wildman–Crippen MR) is 63.0 cm³/mol. The quantitative estimate of drug-likeness (QED) is 0.779. The van der Waals surface area contributed by atoms with Crippen LogP contribution in [0.15, 0.2) is 18.2 Å². The van der Waals surface area contributed by atoms with Crippen LogP contribution in [0.3, 0.4) is 0 Å². The van der Waals surface area contributed by atoms with Crippen molar-refractivity contribution in [2.24, 2.45) is 5.92 Å². The Morgan fingerprint density at radius 2 is 2.38 bits per heavy atom. The maximum Gasteiger partial charge on any atom is 0.272 e. The molecular weight excluding hydrogens is 202 g/mol. The molecule has 86 valence electrons. The summed E-state index contributed by atoms with van der Waals surface area (Å²) in [5.41, 5.74) is 6.02. The molecule has 1 saturated heterocycles. The molecule has 0 bridgehead atoms. The summed E-state index contributed by atoms with van der Waals surface area (Å²) < 4.78 is 0. The number of hydrogen-bond acceptors (Lipinski definition) is 3. The summed E-state index contributed by atoms with van der Waals surface area (Å²) in [4.78, 5) is 18.0. The second kappa shape index (κ2) is 4.51. The second-order valence-corrected chi connectivity index (χ2v) is 4.45. The van der Waals surface area contributed by atoms with Gasteiger partial charge in [0.1, 0.15) is 11.5 Å². The highest BCUT2D eigenvalue weighted by Crippen LogP contribution is 2.17. The lowest BCUT2D eigenvalue weighted by Crippen LogP contribution is -2.39. The van der Waals surface area contributed by atoms with Crippen LogP contribution in [0.4, 0.5) is 5.82 Å². The fourth-order valence-corrected chi connectivity index (χ4v) is 2.11. The Hall–Kier alpha value is -1.58. The number of anilines is 1. The van der Waals surface area contributed by atoms with E-state index in [1.807, 2.05) is 4.90 Å². The zero-order chi connectivity index (χ0) is 11.5. The van der Waals surface area contributed by atoms with Gasteiger partial charge in [-0.3, -0.25) is 4.79 Å². The summed E-state index contributed by atoms with van der Waals surface area (Å²) in [5.74, 6) is 0.980. The van der Waals surface area contributed by atoms with Gasteiger partial charge in [0.25, 0.3) is 5.91 Å². The van der Waals surface area contributed by atoms with Gasteiger partial charge in [0.2, 0.25) is 0 Å². The Kier molecular flexibility index (Phi) is 3.08. The van der Waals surface area contributed by atoms with Crippen molar-refractivity contribution in [2.45, 2.75) is 19.8 Å². The summed E-state index contributed by atoms with van der Waals surface area (Å²) in [6, 6.07) is 5.18. The molecule has 0 saturated carbocycles. The average molecular weight is 219 g/mol. The normalized spacial score (nSPS) is 20.8. The number of likely N-dealkylation sites (tertiary alicyclic amines) is 1. The van der Waals surface area contributed by atoms with E-state index in [1.165, 1.54) is 6.42 Å². The lowest BCUT2D eigenvalue weighted by Gasteiger charge is -2.30. The smallest absolute Gasteiger partial charge is 0.272 e. The lowest BCUT2D eigenvalue weighted by molar-refractivity contribution is 0.0677. The monoisotopic (exact) mass is 219 g/mol. The fraction of sp³-hybridized carbons (Fsp3) is 0.500. The zero-order valence-corrected chi connectivity index (χ0v) is 9.52. The van der Waals surface area contributed by atoms with Crippen molar-refractivity contribution >= 4 is 11.7 Å². The van der Waals surface area contributed by atoms with E-state index in [0.717, 1.165) is 19.5 Å². The van der Waals surface area contributed by atoms with Crippen molar-refractivity contribution in [2.75, 3.05) is 18.8 Å². The summed E-state index contributed by atoms with van der Waals surface area (Å²) in [5, 5.41) is 0. The lowest BCUT2D eigenvalue weighted by atomic mass is 10.00.